The summed E-state index contributed by atoms with van der Waals surface area (Å²) in [6.07, 6.45) is 4.32. The van der Waals surface area contributed by atoms with Gasteiger partial charge < -0.3 is 11.1 Å². The minimum absolute atomic E-state index is 0.592. The quantitative estimate of drug-likeness (QED) is 0.737. The summed E-state index contributed by atoms with van der Waals surface area (Å²) >= 11 is 0. The third-order valence-corrected chi connectivity index (χ3v) is 1.68. The van der Waals surface area contributed by atoms with Gasteiger partial charge in [-0.25, -0.2) is 9.97 Å². The van der Waals surface area contributed by atoms with Gasteiger partial charge in [0.1, 0.15) is 0 Å². The lowest BCUT2D eigenvalue weighted by atomic mass is 10.1. The van der Waals surface area contributed by atoms with Crippen LogP contribution < -0.4 is 11.1 Å². The van der Waals surface area contributed by atoms with Crippen LogP contribution in [-0.4, -0.2) is 16.5 Å². The standard InChI is InChI=1S/C9H16N4/c1-7(2)3-4-11-9-12-5-8(10)6-13-9/h5-7H,3-4,10H2,1-2H3,(H,11,12,13). The fourth-order valence-electron chi connectivity index (χ4n) is 0.902. The van der Waals surface area contributed by atoms with E-state index in [-0.39, 0.29) is 0 Å². The fourth-order valence-corrected chi connectivity index (χ4v) is 0.902. The van der Waals surface area contributed by atoms with Crippen LogP contribution in [0.5, 0.6) is 0 Å². The van der Waals surface area contributed by atoms with Gasteiger partial charge in [-0.2, -0.15) is 0 Å². The molecule has 0 radical (unpaired) electrons. The van der Waals surface area contributed by atoms with Crippen molar-refractivity contribution in [2.45, 2.75) is 20.3 Å². The Bertz CT molecular complexity index is 242. The van der Waals surface area contributed by atoms with Gasteiger partial charge in [-0.1, -0.05) is 13.8 Å². The molecule has 0 bridgehead atoms. The normalized spacial score (nSPS) is 10.4. The zero-order valence-corrected chi connectivity index (χ0v) is 8.12. The average Bonchev–Trinajstić information content (AvgIpc) is 2.08. The van der Waals surface area contributed by atoms with Crippen LogP contribution in [0.4, 0.5) is 11.6 Å². The first-order chi connectivity index (χ1) is 6.18. The molecule has 4 nitrogen and oxygen atoms in total. The maximum atomic E-state index is 5.45. The van der Waals surface area contributed by atoms with Gasteiger partial charge in [-0.15, -0.1) is 0 Å². The summed E-state index contributed by atoms with van der Waals surface area (Å²) in [6, 6.07) is 0. The zero-order chi connectivity index (χ0) is 9.68. The van der Waals surface area contributed by atoms with Crippen LogP contribution in [0, 0.1) is 5.92 Å². The summed E-state index contributed by atoms with van der Waals surface area (Å²) in [4.78, 5) is 8.06. The number of nitrogens with two attached hydrogens (primary N) is 1. The molecule has 0 saturated heterocycles. The van der Waals surface area contributed by atoms with Crippen LogP contribution in [0.2, 0.25) is 0 Å². The molecule has 0 amide bonds. The molecule has 0 aliphatic heterocycles. The monoisotopic (exact) mass is 180 g/mol. The first-order valence-corrected chi connectivity index (χ1v) is 4.50. The molecular weight excluding hydrogens is 164 g/mol. The van der Waals surface area contributed by atoms with E-state index in [0.29, 0.717) is 17.6 Å². The van der Waals surface area contributed by atoms with Crippen LogP contribution >= 0.6 is 0 Å². The largest absolute Gasteiger partial charge is 0.396 e. The van der Waals surface area contributed by atoms with Gasteiger partial charge in [-0.3, -0.25) is 0 Å². The molecule has 4 heteroatoms. The van der Waals surface area contributed by atoms with Crippen molar-refractivity contribution < 1.29 is 0 Å². The Morgan fingerprint density at radius 3 is 2.54 bits per heavy atom. The molecule has 13 heavy (non-hydrogen) atoms. The summed E-state index contributed by atoms with van der Waals surface area (Å²) < 4.78 is 0. The molecule has 0 spiro atoms. The SMILES string of the molecule is CC(C)CCNc1ncc(N)cn1. The Kier molecular flexibility index (Phi) is 3.49. The minimum atomic E-state index is 0.592. The summed E-state index contributed by atoms with van der Waals surface area (Å²) in [5.41, 5.74) is 6.04. The molecule has 3 N–H and O–H groups in total. The molecule has 0 fully saturated rings. The van der Waals surface area contributed by atoms with Crippen LogP contribution in [0.15, 0.2) is 12.4 Å². The summed E-state index contributed by atoms with van der Waals surface area (Å²) in [5, 5.41) is 3.13. The molecule has 1 aromatic heterocycles. The first-order valence-electron chi connectivity index (χ1n) is 4.50. The third-order valence-electron chi connectivity index (χ3n) is 1.68. The van der Waals surface area contributed by atoms with E-state index in [9.17, 15) is 0 Å². The number of anilines is 2. The number of nitrogen functional groups attached to an aromatic ring is 1. The predicted molar refractivity (Wildman–Crippen MR) is 54.4 cm³/mol. The number of rotatable bonds is 4. The highest BCUT2D eigenvalue weighted by Gasteiger charge is 1.96. The molecule has 0 aliphatic rings. The second-order valence-corrected chi connectivity index (χ2v) is 3.45. The van der Waals surface area contributed by atoms with Crippen molar-refractivity contribution in [1.29, 1.82) is 0 Å². The number of hydrogen-bond acceptors (Lipinski definition) is 4. The van der Waals surface area contributed by atoms with Crippen molar-refractivity contribution in [3.05, 3.63) is 12.4 Å². The number of nitrogens with one attached hydrogen (secondary N) is 1. The van der Waals surface area contributed by atoms with Gasteiger partial charge in [0.05, 0.1) is 18.1 Å². The van der Waals surface area contributed by atoms with E-state index in [4.69, 9.17) is 5.73 Å². The van der Waals surface area contributed by atoms with Gasteiger partial charge in [0.2, 0.25) is 5.95 Å². The highest BCUT2D eigenvalue weighted by atomic mass is 15.1. The first kappa shape index (κ1) is 9.77. The molecule has 0 aliphatic carbocycles. The van der Waals surface area contributed by atoms with E-state index in [1.54, 1.807) is 12.4 Å². The van der Waals surface area contributed by atoms with Gasteiger partial charge >= 0.3 is 0 Å². The Balaban J connectivity index is 2.33. The van der Waals surface area contributed by atoms with E-state index < -0.39 is 0 Å². The smallest absolute Gasteiger partial charge is 0.222 e. The van der Waals surface area contributed by atoms with E-state index in [1.807, 2.05) is 0 Å². The lowest BCUT2D eigenvalue weighted by Gasteiger charge is -2.06. The Morgan fingerprint density at radius 2 is 2.00 bits per heavy atom. The van der Waals surface area contributed by atoms with E-state index in [0.717, 1.165) is 13.0 Å². The fraction of sp³-hybridized carbons (Fsp3) is 0.556. The Hall–Kier alpha value is -1.32. The van der Waals surface area contributed by atoms with E-state index >= 15 is 0 Å². The minimum Gasteiger partial charge on any atom is -0.396 e. The average molecular weight is 180 g/mol. The van der Waals surface area contributed by atoms with Crippen molar-refractivity contribution in [3.63, 3.8) is 0 Å². The lowest BCUT2D eigenvalue weighted by molar-refractivity contribution is 0.606. The maximum absolute atomic E-state index is 5.45. The highest BCUT2D eigenvalue weighted by molar-refractivity contribution is 5.35. The molecule has 1 heterocycles. The van der Waals surface area contributed by atoms with Crippen molar-refractivity contribution in [3.8, 4) is 0 Å². The van der Waals surface area contributed by atoms with Crippen LogP contribution in [0.25, 0.3) is 0 Å². The molecule has 0 atom stereocenters. The molecule has 72 valence electrons. The highest BCUT2D eigenvalue weighted by Crippen LogP contribution is 2.03. The zero-order valence-electron chi connectivity index (χ0n) is 8.12. The molecule has 0 unspecified atom stereocenters. The molecule has 0 aromatic carbocycles. The number of hydrogen-bond donors (Lipinski definition) is 2. The van der Waals surface area contributed by atoms with E-state index in [1.165, 1.54) is 0 Å². The van der Waals surface area contributed by atoms with E-state index in [2.05, 4.69) is 29.1 Å². The Morgan fingerprint density at radius 1 is 1.38 bits per heavy atom. The summed E-state index contributed by atoms with van der Waals surface area (Å²) in [7, 11) is 0. The van der Waals surface area contributed by atoms with Crippen LogP contribution in [-0.2, 0) is 0 Å². The van der Waals surface area contributed by atoms with Crippen LogP contribution in [0.3, 0.4) is 0 Å². The third kappa shape index (κ3) is 3.73. The molecule has 1 rings (SSSR count). The molecule has 0 saturated carbocycles. The second kappa shape index (κ2) is 4.64. The molecule has 1 aromatic rings. The number of nitrogens with zero attached hydrogens (tertiary/aromatic N) is 2. The number of aromatic nitrogens is 2. The van der Waals surface area contributed by atoms with Gasteiger partial charge in [0.25, 0.3) is 0 Å². The summed E-state index contributed by atoms with van der Waals surface area (Å²) in [6.45, 7) is 5.28. The van der Waals surface area contributed by atoms with Gasteiger partial charge in [-0.05, 0) is 12.3 Å². The van der Waals surface area contributed by atoms with Crippen molar-refractivity contribution in [2.24, 2.45) is 5.92 Å². The van der Waals surface area contributed by atoms with Crippen molar-refractivity contribution in [1.82, 2.24) is 9.97 Å². The second-order valence-electron chi connectivity index (χ2n) is 3.45. The predicted octanol–water partition coefficient (Wildman–Crippen LogP) is 1.52. The topological polar surface area (TPSA) is 63.8 Å². The lowest BCUT2D eigenvalue weighted by Crippen LogP contribution is -2.07. The van der Waals surface area contributed by atoms with Crippen LogP contribution in [0.1, 0.15) is 20.3 Å². The molecular formula is C9H16N4. The van der Waals surface area contributed by atoms with Gasteiger partial charge in [0, 0.05) is 6.54 Å². The van der Waals surface area contributed by atoms with Gasteiger partial charge in [0.15, 0.2) is 0 Å². The summed E-state index contributed by atoms with van der Waals surface area (Å²) in [5.74, 6) is 1.34. The Labute approximate surface area is 78.6 Å². The maximum Gasteiger partial charge on any atom is 0.222 e. The van der Waals surface area contributed by atoms with Crippen molar-refractivity contribution in [2.75, 3.05) is 17.6 Å². The van der Waals surface area contributed by atoms with Crippen molar-refractivity contribution >= 4 is 11.6 Å².